The van der Waals surface area contributed by atoms with Crippen LogP contribution in [0.15, 0.2) is 36.4 Å². The molecule has 0 atom stereocenters. The summed E-state index contributed by atoms with van der Waals surface area (Å²) in [5, 5.41) is 34.2. The predicted octanol–water partition coefficient (Wildman–Crippen LogP) is 5.07. The predicted molar refractivity (Wildman–Crippen MR) is 98.4 cm³/mol. The normalized spacial score (nSPS) is 10.5. The summed E-state index contributed by atoms with van der Waals surface area (Å²) in [7, 11) is 0. The molecular formula is C14H7Cl2N5O4S. The molecule has 12 heteroatoms. The van der Waals surface area contributed by atoms with Gasteiger partial charge in [0, 0.05) is 23.4 Å². The van der Waals surface area contributed by atoms with Gasteiger partial charge in [0.1, 0.15) is 5.01 Å². The van der Waals surface area contributed by atoms with E-state index in [-0.39, 0.29) is 5.56 Å². The maximum atomic E-state index is 11.0. The van der Waals surface area contributed by atoms with Gasteiger partial charge >= 0.3 is 0 Å². The lowest BCUT2D eigenvalue weighted by atomic mass is 10.2. The van der Waals surface area contributed by atoms with Gasteiger partial charge in [-0.3, -0.25) is 20.2 Å². The maximum absolute atomic E-state index is 11.0. The van der Waals surface area contributed by atoms with Crippen LogP contribution >= 0.6 is 34.5 Å². The van der Waals surface area contributed by atoms with Crippen LogP contribution < -0.4 is 5.32 Å². The van der Waals surface area contributed by atoms with Gasteiger partial charge in [-0.25, -0.2) is 0 Å². The number of rotatable bonds is 5. The number of nitro benzene ring substituents is 2. The van der Waals surface area contributed by atoms with E-state index in [2.05, 4.69) is 15.5 Å². The first-order valence-electron chi connectivity index (χ1n) is 6.83. The molecule has 132 valence electrons. The summed E-state index contributed by atoms with van der Waals surface area (Å²) in [5.41, 5.74) is 0.0458. The molecule has 1 N–H and O–H groups in total. The number of hydrogen-bond donors (Lipinski definition) is 1. The Morgan fingerprint density at radius 2 is 1.58 bits per heavy atom. The molecule has 3 rings (SSSR count). The third-order valence-electron chi connectivity index (χ3n) is 3.17. The molecular weight excluding hydrogens is 405 g/mol. The summed E-state index contributed by atoms with van der Waals surface area (Å²) in [6.07, 6.45) is 0. The number of nitrogens with zero attached hydrogens (tertiary/aromatic N) is 4. The van der Waals surface area contributed by atoms with Crippen LogP contribution in [-0.2, 0) is 0 Å². The molecule has 0 amide bonds. The Morgan fingerprint density at radius 1 is 0.923 bits per heavy atom. The molecule has 1 aromatic heterocycles. The topological polar surface area (TPSA) is 124 Å². The quantitative estimate of drug-likeness (QED) is 0.458. The zero-order chi connectivity index (χ0) is 18.8. The summed E-state index contributed by atoms with van der Waals surface area (Å²) in [5.74, 6) is 0. The number of aromatic nitrogens is 2. The molecule has 0 spiro atoms. The first-order chi connectivity index (χ1) is 12.3. The summed E-state index contributed by atoms with van der Waals surface area (Å²) < 4.78 is 0. The number of hydrogen-bond acceptors (Lipinski definition) is 8. The summed E-state index contributed by atoms with van der Waals surface area (Å²) in [6, 6.07) is 8.20. The van der Waals surface area contributed by atoms with Crippen molar-refractivity contribution in [2.45, 2.75) is 0 Å². The highest BCUT2D eigenvalue weighted by Crippen LogP contribution is 2.34. The smallest absolute Gasteiger partial charge is 0.277 e. The first kappa shape index (κ1) is 18.0. The highest BCUT2D eigenvalue weighted by molar-refractivity contribution is 7.18. The number of anilines is 2. The van der Waals surface area contributed by atoms with Crippen molar-refractivity contribution < 1.29 is 9.85 Å². The van der Waals surface area contributed by atoms with Gasteiger partial charge in [-0.1, -0.05) is 34.5 Å². The zero-order valence-electron chi connectivity index (χ0n) is 12.6. The lowest BCUT2D eigenvalue weighted by molar-refractivity contribution is -0.394. The lowest BCUT2D eigenvalue weighted by Crippen LogP contribution is -1.93. The van der Waals surface area contributed by atoms with Crippen LogP contribution in [0.4, 0.5) is 22.2 Å². The average Bonchev–Trinajstić information content (AvgIpc) is 3.06. The number of nitro groups is 2. The van der Waals surface area contributed by atoms with Gasteiger partial charge in [0.15, 0.2) is 0 Å². The third-order valence-corrected chi connectivity index (χ3v) is 4.79. The molecule has 9 nitrogen and oxygen atoms in total. The monoisotopic (exact) mass is 411 g/mol. The van der Waals surface area contributed by atoms with Gasteiger partial charge < -0.3 is 5.32 Å². The molecule has 0 saturated heterocycles. The molecule has 2 aromatic carbocycles. The van der Waals surface area contributed by atoms with E-state index in [1.54, 1.807) is 18.2 Å². The summed E-state index contributed by atoms with van der Waals surface area (Å²) in [4.78, 5) is 20.6. The highest BCUT2D eigenvalue weighted by Gasteiger charge is 2.19. The van der Waals surface area contributed by atoms with E-state index in [1.807, 2.05) is 0 Å². The van der Waals surface area contributed by atoms with E-state index in [9.17, 15) is 20.2 Å². The van der Waals surface area contributed by atoms with Crippen molar-refractivity contribution in [3.8, 4) is 10.6 Å². The van der Waals surface area contributed by atoms with Crippen LogP contribution in [0.25, 0.3) is 10.6 Å². The molecule has 0 fully saturated rings. The minimum absolute atomic E-state index is 0.227. The van der Waals surface area contributed by atoms with E-state index >= 15 is 0 Å². The van der Waals surface area contributed by atoms with Crippen molar-refractivity contribution in [1.29, 1.82) is 0 Å². The maximum Gasteiger partial charge on any atom is 0.277 e. The number of non-ortho nitro benzene ring substituents is 2. The first-order valence-corrected chi connectivity index (χ1v) is 8.40. The van der Waals surface area contributed by atoms with E-state index in [4.69, 9.17) is 23.2 Å². The van der Waals surface area contributed by atoms with Crippen molar-refractivity contribution in [2.75, 3.05) is 5.32 Å². The zero-order valence-corrected chi connectivity index (χ0v) is 14.9. The van der Waals surface area contributed by atoms with Crippen LogP contribution in [0.3, 0.4) is 0 Å². The van der Waals surface area contributed by atoms with Crippen molar-refractivity contribution >= 4 is 56.7 Å². The SMILES string of the molecule is O=[N+]([O-])c1cc(-c2nnc(Nc3ccc(Cl)c(Cl)c3)s2)cc([N+](=O)[O-])c1. The highest BCUT2D eigenvalue weighted by atomic mass is 35.5. The van der Waals surface area contributed by atoms with Crippen molar-refractivity contribution in [2.24, 2.45) is 0 Å². The molecule has 0 unspecified atom stereocenters. The fourth-order valence-corrected chi connectivity index (χ4v) is 3.07. The standard InChI is InChI=1S/C14H7Cl2N5O4S/c15-11-2-1-8(5-12(11)16)17-14-19-18-13(26-14)7-3-9(20(22)23)6-10(4-7)21(24)25/h1-6H,(H,17,19). The minimum Gasteiger partial charge on any atom is -0.330 e. The van der Waals surface area contributed by atoms with E-state index in [0.29, 0.717) is 25.9 Å². The van der Waals surface area contributed by atoms with Crippen LogP contribution in [-0.4, -0.2) is 20.0 Å². The van der Waals surface area contributed by atoms with Gasteiger partial charge in [-0.15, -0.1) is 10.2 Å². The lowest BCUT2D eigenvalue weighted by Gasteiger charge is -2.03. The Morgan fingerprint density at radius 3 is 2.15 bits per heavy atom. The Kier molecular flexibility index (Phi) is 4.98. The van der Waals surface area contributed by atoms with Crippen molar-refractivity contribution in [3.05, 3.63) is 66.7 Å². The second kappa shape index (κ2) is 7.20. The van der Waals surface area contributed by atoms with Crippen molar-refractivity contribution in [3.63, 3.8) is 0 Å². The summed E-state index contributed by atoms with van der Waals surface area (Å²) in [6.45, 7) is 0. The molecule has 0 aliphatic carbocycles. The third kappa shape index (κ3) is 3.87. The van der Waals surface area contributed by atoms with Crippen LogP contribution in [0.5, 0.6) is 0 Å². The van der Waals surface area contributed by atoms with E-state index < -0.39 is 21.2 Å². The second-order valence-corrected chi connectivity index (χ2v) is 6.71. The van der Waals surface area contributed by atoms with Crippen LogP contribution in [0.2, 0.25) is 10.0 Å². The minimum atomic E-state index is -0.702. The van der Waals surface area contributed by atoms with Gasteiger partial charge in [-0.2, -0.15) is 0 Å². The van der Waals surface area contributed by atoms with E-state index in [1.165, 1.54) is 12.1 Å². The van der Waals surface area contributed by atoms with Gasteiger partial charge in [0.2, 0.25) is 5.13 Å². The molecule has 0 saturated carbocycles. The molecule has 26 heavy (non-hydrogen) atoms. The molecule has 3 aromatic rings. The second-order valence-electron chi connectivity index (χ2n) is 4.92. The molecule has 1 heterocycles. The van der Waals surface area contributed by atoms with Gasteiger partial charge in [0.25, 0.3) is 11.4 Å². The fraction of sp³-hybridized carbons (Fsp3) is 0. The molecule has 0 aliphatic rings. The number of benzene rings is 2. The molecule has 0 radical (unpaired) electrons. The Bertz CT molecular complexity index is 994. The average molecular weight is 412 g/mol. The van der Waals surface area contributed by atoms with E-state index in [0.717, 1.165) is 17.4 Å². The fourth-order valence-electron chi connectivity index (χ4n) is 2.02. The number of halogens is 2. The molecule has 0 bridgehead atoms. The van der Waals surface area contributed by atoms with Crippen LogP contribution in [0, 0.1) is 20.2 Å². The largest absolute Gasteiger partial charge is 0.330 e. The number of nitrogens with one attached hydrogen (secondary N) is 1. The Labute approximate surface area is 159 Å². The van der Waals surface area contributed by atoms with Crippen LogP contribution in [0.1, 0.15) is 0 Å². The Hall–Kier alpha value is -2.82. The van der Waals surface area contributed by atoms with Gasteiger partial charge in [-0.05, 0) is 18.2 Å². The summed E-state index contributed by atoms with van der Waals surface area (Å²) >= 11 is 12.9. The Balaban J connectivity index is 1.93. The van der Waals surface area contributed by atoms with Gasteiger partial charge in [0.05, 0.1) is 26.0 Å². The molecule has 0 aliphatic heterocycles. The van der Waals surface area contributed by atoms with Crippen molar-refractivity contribution in [1.82, 2.24) is 10.2 Å².